The zero-order valence-electron chi connectivity index (χ0n) is 8.29. The number of nitrogens with one attached hydrogen (secondary N) is 1. The third-order valence-corrected chi connectivity index (χ3v) is 2.23. The maximum Gasteiger partial charge on any atom is 0.488 e. The third-order valence-electron chi connectivity index (χ3n) is 2.23. The van der Waals surface area contributed by atoms with Gasteiger partial charge in [0.25, 0.3) is 0 Å². The fourth-order valence-corrected chi connectivity index (χ4v) is 1.46. The van der Waals surface area contributed by atoms with Crippen LogP contribution in [-0.4, -0.2) is 28.6 Å². The van der Waals surface area contributed by atoms with Gasteiger partial charge in [-0.2, -0.15) is 0 Å². The van der Waals surface area contributed by atoms with E-state index in [1.165, 1.54) is 6.20 Å². The molecule has 0 saturated carbocycles. The molecule has 2 aromatic rings. The summed E-state index contributed by atoms with van der Waals surface area (Å²) in [4.78, 5) is 14.4. The predicted molar refractivity (Wildman–Crippen MR) is 61.3 cm³/mol. The van der Waals surface area contributed by atoms with Crippen LogP contribution in [0.25, 0.3) is 10.9 Å². The molecular weight excluding hydrogens is 207 g/mol. The molecule has 6 heteroatoms. The van der Waals surface area contributed by atoms with E-state index in [-0.39, 0.29) is 0 Å². The molecule has 0 atom stereocenters. The van der Waals surface area contributed by atoms with Gasteiger partial charge in [-0.1, -0.05) is 12.1 Å². The van der Waals surface area contributed by atoms with E-state index in [1.54, 1.807) is 24.3 Å². The van der Waals surface area contributed by atoms with Crippen molar-refractivity contribution in [1.29, 1.82) is 0 Å². The van der Waals surface area contributed by atoms with Crippen molar-refractivity contribution in [3.63, 3.8) is 0 Å². The molecule has 0 aliphatic rings. The Hall–Kier alpha value is -1.92. The molecule has 0 radical (unpaired) electrons. The topological polar surface area (TPSA) is 82.5 Å². The van der Waals surface area contributed by atoms with Crippen LogP contribution in [0.1, 0.15) is 0 Å². The second kappa shape index (κ2) is 4.30. The number of rotatable bonds is 3. The highest BCUT2D eigenvalue weighted by Crippen LogP contribution is 2.14. The van der Waals surface area contributed by atoms with E-state index in [2.05, 4.69) is 10.3 Å². The van der Waals surface area contributed by atoms with Crippen LogP contribution in [0.2, 0.25) is 0 Å². The van der Waals surface area contributed by atoms with Gasteiger partial charge in [0.2, 0.25) is 6.41 Å². The number of carbonyl (C=O) groups excluding carboxylic acids is 1. The molecule has 1 heterocycles. The van der Waals surface area contributed by atoms with Crippen LogP contribution in [0, 0.1) is 0 Å². The van der Waals surface area contributed by atoms with Crippen LogP contribution in [-0.2, 0) is 4.79 Å². The van der Waals surface area contributed by atoms with Gasteiger partial charge in [-0.3, -0.25) is 9.78 Å². The van der Waals surface area contributed by atoms with Crippen molar-refractivity contribution in [3.05, 3.63) is 30.5 Å². The minimum absolute atomic E-state index is 0.387. The average Bonchev–Trinajstić information content (AvgIpc) is 2.28. The smallest absolute Gasteiger partial charge is 0.423 e. The van der Waals surface area contributed by atoms with Gasteiger partial charge in [0, 0.05) is 5.39 Å². The number of aromatic nitrogens is 1. The van der Waals surface area contributed by atoms with E-state index < -0.39 is 7.12 Å². The summed E-state index contributed by atoms with van der Waals surface area (Å²) < 4.78 is 0. The summed E-state index contributed by atoms with van der Waals surface area (Å²) in [5, 5.41) is 21.3. The minimum Gasteiger partial charge on any atom is -0.423 e. The molecule has 0 spiro atoms. The zero-order chi connectivity index (χ0) is 11.5. The molecule has 0 saturated heterocycles. The second-order valence-corrected chi connectivity index (χ2v) is 3.31. The number of hydrogen-bond donors (Lipinski definition) is 3. The maximum atomic E-state index is 10.3. The molecule has 16 heavy (non-hydrogen) atoms. The molecule has 1 amide bonds. The van der Waals surface area contributed by atoms with Crippen LogP contribution < -0.4 is 10.8 Å². The van der Waals surface area contributed by atoms with E-state index >= 15 is 0 Å². The lowest BCUT2D eigenvalue weighted by Gasteiger charge is -2.04. The standard InChI is InChI=1S/C10H9BN2O3/c14-6-13-9-4-7-3-8(11(15)16)1-2-10(7)12-5-9/h1-6,15-16H,(H,13,14). The van der Waals surface area contributed by atoms with E-state index in [9.17, 15) is 4.79 Å². The Morgan fingerprint density at radius 2 is 2.12 bits per heavy atom. The molecule has 0 bridgehead atoms. The lowest BCUT2D eigenvalue weighted by atomic mass is 9.80. The summed E-state index contributed by atoms with van der Waals surface area (Å²) in [5.41, 5.74) is 1.67. The number of fused-ring (bicyclic) bond motifs is 1. The Bertz CT molecular complexity index is 530. The number of carbonyl (C=O) groups is 1. The molecule has 80 valence electrons. The van der Waals surface area contributed by atoms with Crippen molar-refractivity contribution in [2.45, 2.75) is 0 Å². The number of nitrogens with zero attached hydrogens (tertiary/aromatic N) is 1. The minimum atomic E-state index is -1.51. The molecule has 0 fully saturated rings. The SMILES string of the molecule is O=CNc1cnc2ccc(B(O)O)cc2c1. The van der Waals surface area contributed by atoms with Gasteiger partial charge in [-0.25, -0.2) is 0 Å². The van der Waals surface area contributed by atoms with Crippen LogP contribution >= 0.6 is 0 Å². The summed E-state index contributed by atoms with van der Waals surface area (Å²) >= 11 is 0. The quantitative estimate of drug-likeness (QED) is 0.476. The van der Waals surface area contributed by atoms with E-state index in [1.807, 2.05) is 0 Å². The number of pyridine rings is 1. The summed E-state index contributed by atoms with van der Waals surface area (Å²) in [6, 6.07) is 6.60. The number of hydrogen-bond acceptors (Lipinski definition) is 4. The molecule has 0 unspecified atom stereocenters. The van der Waals surface area contributed by atoms with E-state index in [4.69, 9.17) is 10.0 Å². The maximum absolute atomic E-state index is 10.3. The van der Waals surface area contributed by atoms with Crippen molar-refractivity contribution in [2.75, 3.05) is 5.32 Å². The van der Waals surface area contributed by atoms with E-state index in [0.29, 0.717) is 17.6 Å². The van der Waals surface area contributed by atoms with Crippen molar-refractivity contribution in [1.82, 2.24) is 4.98 Å². The average molecular weight is 216 g/mol. The summed E-state index contributed by atoms with van der Waals surface area (Å²) in [6.07, 6.45) is 2.10. The largest absolute Gasteiger partial charge is 0.488 e. The number of anilines is 1. The van der Waals surface area contributed by atoms with Crippen LogP contribution in [0.5, 0.6) is 0 Å². The number of benzene rings is 1. The van der Waals surface area contributed by atoms with Gasteiger partial charge in [0.15, 0.2) is 0 Å². The normalized spacial score (nSPS) is 10.1. The van der Waals surface area contributed by atoms with Gasteiger partial charge in [-0.15, -0.1) is 0 Å². The Labute approximate surface area is 91.9 Å². The van der Waals surface area contributed by atoms with Crippen molar-refractivity contribution in [2.24, 2.45) is 0 Å². The van der Waals surface area contributed by atoms with Gasteiger partial charge in [-0.05, 0) is 17.6 Å². The Morgan fingerprint density at radius 1 is 1.31 bits per heavy atom. The van der Waals surface area contributed by atoms with Crippen LogP contribution in [0.3, 0.4) is 0 Å². The second-order valence-electron chi connectivity index (χ2n) is 3.31. The van der Waals surface area contributed by atoms with Crippen molar-refractivity contribution < 1.29 is 14.8 Å². The van der Waals surface area contributed by atoms with Gasteiger partial charge in [0.1, 0.15) is 0 Å². The lowest BCUT2D eigenvalue weighted by molar-refractivity contribution is -0.105. The van der Waals surface area contributed by atoms with Crippen LogP contribution in [0.15, 0.2) is 30.5 Å². The number of amides is 1. The molecular formula is C10H9BN2O3. The van der Waals surface area contributed by atoms with Crippen molar-refractivity contribution in [3.8, 4) is 0 Å². The molecule has 5 nitrogen and oxygen atoms in total. The summed E-state index contributed by atoms with van der Waals surface area (Å²) in [5.74, 6) is 0. The Kier molecular flexibility index (Phi) is 2.85. The first kappa shape index (κ1) is 10.6. The highest BCUT2D eigenvalue weighted by Gasteiger charge is 2.11. The first-order valence-electron chi connectivity index (χ1n) is 4.67. The van der Waals surface area contributed by atoms with Gasteiger partial charge < -0.3 is 15.4 Å². The molecule has 0 aliphatic carbocycles. The lowest BCUT2D eigenvalue weighted by Crippen LogP contribution is -2.29. The zero-order valence-corrected chi connectivity index (χ0v) is 8.29. The Balaban J connectivity index is 2.51. The highest BCUT2D eigenvalue weighted by molar-refractivity contribution is 6.58. The summed E-state index contributed by atoms with van der Waals surface area (Å²) in [7, 11) is -1.51. The van der Waals surface area contributed by atoms with E-state index in [0.717, 1.165) is 10.9 Å². The van der Waals surface area contributed by atoms with Crippen molar-refractivity contribution >= 4 is 35.6 Å². The Morgan fingerprint density at radius 3 is 2.81 bits per heavy atom. The first-order chi connectivity index (χ1) is 7.70. The molecule has 2 rings (SSSR count). The molecule has 3 N–H and O–H groups in total. The summed E-state index contributed by atoms with van der Waals surface area (Å²) in [6.45, 7) is 0. The fraction of sp³-hybridized carbons (Fsp3) is 0. The third kappa shape index (κ3) is 2.02. The predicted octanol–water partition coefficient (Wildman–Crippen LogP) is -0.517. The monoisotopic (exact) mass is 216 g/mol. The first-order valence-corrected chi connectivity index (χ1v) is 4.67. The molecule has 1 aromatic carbocycles. The fourth-order valence-electron chi connectivity index (χ4n) is 1.46. The highest BCUT2D eigenvalue weighted by atomic mass is 16.4. The molecule has 1 aromatic heterocycles. The van der Waals surface area contributed by atoms with Crippen LogP contribution in [0.4, 0.5) is 5.69 Å². The molecule has 0 aliphatic heterocycles. The van der Waals surface area contributed by atoms with Gasteiger partial charge >= 0.3 is 7.12 Å². The van der Waals surface area contributed by atoms with Gasteiger partial charge in [0.05, 0.1) is 17.4 Å².